The maximum Gasteiger partial charge on any atom is 0.308 e. The molecule has 4 nitrogen and oxygen atoms in total. The van der Waals surface area contributed by atoms with Crippen LogP contribution in [0.3, 0.4) is 0 Å². The number of fused-ring (bicyclic) bond motifs is 2. The number of carbonyl (C=O) groups is 1. The summed E-state index contributed by atoms with van der Waals surface area (Å²) < 4.78 is 12.2. The van der Waals surface area contributed by atoms with Crippen LogP contribution in [0.4, 0.5) is 0 Å². The number of ether oxygens (including phenoxy) is 2. The van der Waals surface area contributed by atoms with Crippen LogP contribution in [0.1, 0.15) is 72.6 Å². The first kappa shape index (κ1) is 16.8. The van der Waals surface area contributed by atoms with E-state index >= 15 is 0 Å². The third-order valence-electron chi connectivity index (χ3n) is 8.10. The van der Waals surface area contributed by atoms with Gasteiger partial charge in [-0.15, -0.1) is 0 Å². The third kappa shape index (κ3) is 2.02. The van der Waals surface area contributed by atoms with Crippen molar-refractivity contribution in [3.05, 3.63) is 0 Å². The van der Waals surface area contributed by atoms with E-state index in [0.29, 0.717) is 18.9 Å². The van der Waals surface area contributed by atoms with Gasteiger partial charge in [-0.3, -0.25) is 4.79 Å². The lowest BCUT2D eigenvalue weighted by atomic mass is 9.43. The molecule has 6 atom stereocenters. The number of aliphatic hydroxyl groups excluding tert-OH is 1. The highest BCUT2D eigenvalue weighted by molar-refractivity contribution is 5.73. The summed E-state index contributed by atoms with van der Waals surface area (Å²) in [5.74, 6) is 0.432. The monoisotopic (exact) mass is 336 g/mol. The highest BCUT2D eigenvalue weighted by Crippen LogP contribution is 2.68. The first-order chi connectivity index (χ1) is 11.1. The molecule has 0 amide bonds. The van der Waals surface area contributed by atoms with E-state index in [2.05, 4.69) is 27.7 Å². The van der Waals surface area contributed by atoms with Crippen molar-refractivity contribution in [3.8, 4) is 0 Å². The third-order valence-corrected chi connectivity index (χ3v) is 8.10. The Hall–Kier alpha value is -0.610. The molecular formula is C20H32O4. The van der Waals surface area contributed by atoms with E-state index in [9.17, 15) is 9.90 Å². The van der Waals surface area contributed by atoms with Crippen LogP contribution in [-0.4, -0.2) is 35.0 Å². The summed E-state index contributed by atoms with van der Waals surface area (Å²) in [5, 5.41) is 11.0. The standard InChI is InChI=1S/C20H32O4/c1-13-10-14(21)16-17(2,3)6-5-7-18(16,4)20(13)9-8-19(24-20)11-15(22)23-12-19/h13-14,16,21H,5-12H2,1-4H3/t13-,14-,16+,18+,19+,20-/m0/s1. The second kappa shape index (κ2) is 4.97. The van der Waals surface area contributed by atoms with Gasteiger partial charge in [0.15, 0.2) is 0 Å². The lowest BCUT2D eigenvalue weighted by molar-refractivity contribution is -0.269. The van der Waals surface area contributed by atoms with E-state index in [1.54, 1.807) is 0 Å². The largest absolute Gasteiger partial charge is 0.463 e. The van der Waals surface area contributed by atoms with E-state index in [0.717, 1.165) is 25.7 Å². The Kier molecular flexibility index (Phi) is 3.49. The van der Waals surface area contributed by atoms with Gasteiger partial charge < -0.3 is 14.6 Å². The van der Waals surface area contributed by atoms with Gasteiger partial charge in [0.1, 0.15) is 12.2 Å². The van der Waals surface area contributed by atoms with Crippen molar-refractivity contribution in [3.63, 3.8) is 0 Å². The fraction of sp³-hybridized carbons (Fsp3) is 0.950. The molecule has 2 saturated heterocycles. The molecular weight excluding hydrogens is 304 g/mol. The van der Waals surface area contributed by atoms with Crippen LogP contribution in [-0.2, 0) is 14.3 Å². The molecule has 2 saturated carbocycles. The zero-order valence-corrected chi connectivity index (χ0v) is 15.6. The predicted octanol–water partition coefficient (Wildman–Crippen LogP) is 3.45. The molecule has 2 aliphatic heterocycles. The fourth-order valence-corrected chi connectivity index (χ4v) is 7.21. The summed E-state index contributed by atoms with van der Waals surface area (Å²) in [6.07, 6.45) is 6.29. The number of hydrogen-bond acceptors (Lipinski definition) is 4. The van der Waals surface area contributed by atoms with E-state index in [1.165, 1.54) is 12.8 Å². The van der Waals surface area contributed by atoms with Crippen LogP contribution in [0.5, 0.6) is 0 Å². The Morgan fingerprint density at radius 3 is 2.54 bits per heavy atom. The number of esters is 1. The summed E-state index contributed by atoms with van der Waals surface area (Å²) in [6, 6.07) is 0. The molecule has 2 heterocycles. The molecule has 0 aromatic rings. The molecule has 2 spiro atoms. The van der Waals surface area contributed by atoms with Gasteiger partial charge >= 0.3 is 5.97 Å². The Labute approximate surface area is 145 Å². The normalized spacial score (nSPS) is 53.4. The Balaban J connectivity index is 1.75. The first-order valence-electron chi connectivity index (χ1n) is 9.68. The minimum Gasteiger partial charge on any atom is -0.463 e. The van der Waals surface area contributed by atoms with Gasteiger partial charge in [-0.05, 0) is 49.4 Å². The molecule has 4 aliphatic rings. The van der Waals surface area contributed by atoms with Crippen molar-refractivity contribution in [2.24, 2.45) is 22.7 Å². The number of aliphatic hydroxyl groups is 1. The molecule has 24 heavy (non-hydrogen) atoms. The molecule has 4 heteroatoms. The van der Waals surface area contributed by atoms with Gasteiger partial charge in [-0.2, -0.15) is 0 Å². The van der Waals surface area contributed by atoms with E-state index in [-0.39, 0.29) is 34.4 Å². The summed E-state index contributed by atoms with van der Waals surface area (Å²) in [5.41, 5.74) is -0.563. The number of cyclic esters (lactones) is 1. The molecule has 136 valence electrons. The van der Waals surface area contributed by atoms with Gasteiger partial charge in [0.2, 0.25) is 0 Å². The zero-order chi connectivity index (χ0) is 17.4. The van der Waals surface area contributed by atoms with Gasteiger partial charge in [0, 0.05) is 5.41 Å². The minimum atomic E-state index is -0.414. The van der Waals surface area contributed by atoms with E-state index in [1.807, 2.05) is 0 Å². The summed E-state index contributed by atoms with van der Waals surface area (Å²) in [7, 11) is 0. The Morgan fingerprint density at radius 1 is 1.12 bits per heavy atom. The van der Waals surface area contributed by atoms with Crippen molar-refractivity contribution < 1.29 is 19.4 Å². The fourth-order valence-electron chi connectivity index (χ4n) is 7.21. The zero-order valence-electron chi connectivity index (χ0n) is 15.6. The molecule has 0 unspecified atom stereocenters. The maximum atomic E-state index is 11.7. The summed E-state index contributed by atoms with van der Waals surface area (Å²) in [6.45, 7) is 9.63. The van der Waals surface area contributed by atoms with Crippen LogP contribution in [0.25, 0.3) is 0 Å². The molecule has 0 radical (unpaired) electrons. The van der Waals surface area contributed by atoms with Crippen molar-refractivity contribution in [1.82, 2.24) is 0 Å². The van der Waals surface area contributed by atoms with Crippen LogP contribution in [0, 0.1) is 22.7 Å². The van der Waals surface area contributed by atoms with E-state index in [4.69, 9.17) is 9.47 Å². The molecule has 0 aromatic carbocycles. The average molecular weight is 336 g/mol. The topological polar surface area (TPSA) is 55.8 Å². The molecule has 2 aliphatic carbocycles. The van der Waals surface area contributed by atoms with Crippen molar-refractivity contribution in [2.45, 2.75) is 89.9 Å². The molecule has 4 fully saturated rings. The molecule has 0 aromatic heterocycles. The van der Waals surface area contributed by atoms with E-state index < -0.39 is 5.60 Å². The molecule has 4 rings (SSSR count). The van der Waals surface area contributed by atoms with Crippen molar-refractivity contribution in [2.75, 3.05) is 6.61 Å². The lowest BCUT2D eigenvalue weighted by Crippen LogP contribution is -2.66. The maximum absolute atomic E-state index is 11.7. The van der Waals surface area contributed by atoms with Crippen LogP contribution >= 0.6 is 0 Å². The first-order valence-corrected chi connectivity index (χ1v) is 9.68. The number of hydrogen-bond donors (Lipinski definition) is 1. The van der Waals surface area contributed by atoms with Crippen LogP contribution in [0.15, 0.2) is 0 Å². The van der Waals surface area contributed by atoms with Crippen LogP contribution in [0.2, 0.25) is 0 Å². The molecule has 0 bridgehead atoms. The highest BCUT2D eigenvalue weighted by atomic mass is 16.6. The number of carbonyl (C=O) groups excluding carboxylic acids is 1. The number of rotatable bonds is 0. The van der Waals surface area contributed by atoms with Gasteiger partial charge in [0.25, 0.3) is 0 Å². The summed E-state index contributed by atoms with van der Waals surface area (Å²) in [4.78, 5) is 11.7. The predicted molar refractivity (Wildman–Crippen MR) is 90.4 cm³/mol. The smallest absolute Gasteiger partial charge is 0.308 e. The van der Waals surface area contributed by atoms with Crippen molar-refractivity contribution >= 4 is 5.97 Å². The second-order valence-electron chi connectivity index (χ2n) is 9.95. The highest BCUT2D eigenvalue weighted by Gasteiger charge is 2.69. The lowest BCUT2D eigenvalue weighted by Gasteiger charge is -2.65. The van der Waals surface area contributed by atoms with Crippen LogP contribution < -0.4 is 0 Å². The van der Waals surface area contributed by atoms with Gasteiger partial charge in [-0.1, -0.05) is 34.1 Å². The Bertz CT molecular complexity index is 558. The van der Waals surface area contributed by atoms with Gasteiger partial charge in [0.05, 0.1) is 18.1 Å². The van der Waals surface area contributed by atoms with Gasteiger partial charge in [-0.25, -0.2) is 0 Å². The quantitative estimate of drug-likeness (QED) is 0.688. The summed E-state index contributed by atoms with van der Waals surface area (Å²) >= 11 is 0. The minimum absolute atomic E-state index is 0.0407. The molecule has 1 N–H and O–H groups in total. The Morgan fingerprint density at radius 2 is 1.88 bits per heavy atom. The SMILES string of the molecule is C[C@H]1C[C@H](O)[C@@H]2C(C)(C)CCC[C@@]2(C)[C@]12CC[C@@]1(COC(=O)C1)O2. The van der Waals surface area contributed by atoms with Crippen molar-refractivity contribution in [1.29, 1.82) is 0 Å². The second-order valence-corrected chi connectivity index (χ2v) is 9.95. The average Bonchev–Trinajstić information content (AvgIpc) is 3.01.